The van der Waals surface area contributed by atoms with Crippen LogP contribution in [0.25, 0.3) is 6.08 Å². The first kappa shape index (κ1) is 68.8. The van der Waals surface area contributed by atoms with E-state index in [0.29, 0.717) is 32.1 Å². The number of ketones is 1. The molecule has 8 N–H and O–H groups in total. The van der Waals surface area contributed by atoms with Crippen molar-refractivity contribution in [2.45, 2.75) is 277 Å². The van der Waals surface area contributed by atoms with Crippen molar-refractivity contribution in [1.29, 1.82) is 0 Å². The van der Waals surface area contributed by atoms with Crippen molar-refractivity contribution >= 4 is 17.8 Å². The molecule has 25 heteroatoms. The summed E-state index contributed by atoms with van der Waals surface area (Å²) in [6, 6.07) is 9.25. The van der Waals surface area contributed by atoms with Crippen molar-refractivity contribution in [2.75, 3.05) is 35.0 Å². The summed E-state index contributed by atoms with van der Waals surface area (Å²) >= 11 is 0. The Morgan fingerprint density at radius 2 is 1.16 bits per heavy atom. The highest BCUT2D eigenvalue weighted by Crippen LogP contribution is 2.71. The summed E-state index contributed by atoms with van der Waals surface area (Å²) < 4.78 is 93.6. The quantitative estimate of drug-likeness (QED) is 0.0558. The molecule has 5 aliphatic heterocycles. The third-order valence-electron chi connectivity index (χ3n) is 21.8. The number of carbonyl (C=O) groups is 2. The molecule has 502 valence electrons. The number of esters is 1. The molecule has 3 saturated carbocycles. The van der Waals surface area contributed by atoms with E-state index in [2.05, 4.69) is 6.92 Å². The number of aliphatic hydroxyl groups excluding tert-OH is 5. The summed E-state index contributed by atoms with van der Waals surface area (Å²) in [4.78, 5) is 27.0. The van der Waals surface area contributed by atoms with Crippen molar-refractivity contribution in [2.24, 2.45) is 16.7 Å². The molecule has 4 aliphatic carbocycles. The van der Waals surface area contributed by atoms with E-state index in [-0.39, 0.29) is 38.2 Å². The number of hydrogen-bond donors (Lipinski definition) is 8. The van der Waals surface area contributed by atoms with Gasteiger partial charge in [0.1, 0.15) is 83.9 Å². The van der Waals surface area contributed by atoms with Crippen LogP contribution in [-0.2, 0) is 80.6 Å². The molecule has 10 rings (SSSR count). The van der Waals surface area contributed by atoms with Gasteiger partial charge in [-0.1, -0.05) is 48.9 Å². The number of benzene rings is 1. The smallest absolute Gasteiger partial charge is 0.331 e. The van der Waals surface area contributed by atoms with Gasteiger partial charge in [0.05, 0.1) is 60.9 Å². The molecule has 25 nitrogen and oxygen atoms in total. The summed E-state index contributed by atoms with van der Waals surface area (Å²) in [5.74, 6) is -1.86. The van der Waals surface area contributed by atoms with Crippen molar-refractivity contribution in [3.63, 3.8) is 0 Å². The highest BCUT2D eigenvalue weighted by molar-refractivity contribution is 5.89. The van der Waals surface area contributed by atoms with Gasteiger partial charge in [0.25, 0.3) is 0 Å². The van der Waals surface area contributed by atoms with Crippen LogP contribution in [0.4, 0.5) is 0 Å². The Morgan fingerprint density at radius 3 is 1.71 bits per heavy atom. The van der Waals surface area contributed by atoms with Gasteiger partial charge in [-0.15, -0.1) is 0 Å². The Labute approximate surface area is 520 Å². The summed E-state index contributed by atoms with van der Waals surface area (Å²) in [5.41, 5.74) is -6.41. The van der Waals surface area contributed by atoms with Gasteiger partial charge in [0.2, 0.25) is 0 Å². The first-order chi connectivity index (χ1) is 42.2. The lowest BCUT2D eigenvalue weighted by molar-refractivity contribution is -0.374. The van der Waals surface area contributed by atoms with Crippen LogP contribution in [0, 0.1) is 16.7 Å². The van der Waals surface area contributed by atoms with E-state index < -0.39 is 193 Å². The molecule has 5 heterocycles. The summed E-state index contributed by atoms with van der Waals surface area (Å²) in [5, 5.41) is 90.7. The Morgan fingerprint density at radius 1 is 0.618 bits per heavy atom. The van der Waals surface area contributed by atoms with Crippen LogP contribution in [0.2, 0.25) is 0 Å². The van der Waals surface area contributed by atoms with E-state index in [0.717, 1.165) is 11.1 Å². The van der Waals surface area contributed by atoms with Crippen LogP contribution in [-0.4, -0.2) is 252 Å². The molecule has 9 aliphatic rings. The van der Waals surface area contributed by atoms with E-state index in [4.69, 9.17) is 71.1 Å². The zero-order valence-corrected chi connectivity index (χ0v) is 52.8. The molecule has 0 bridgehead atoms. The highest BCUT2D eigenvalue weighted by atomic mass is 16.8. The minimum Gasteiger partial charge on any atom is -0.458 e. The van der Waals surface area contributed by atoms with E-state index in [9.17, 15) is 50.4 Å². The first-order valence-electron chi connectivity index (χ1n) is 31.5. The van der Waals surface area contributed by atoms with Crippen molar-refractivity contribution in [3.8, 4) is 0 Å². The van der Waals surface area contributed by atoms with Crippen LogP contribution in [0.1, 0.15) is 118 Å². The average Bonchev–Trinajstić information content (AvgIpc) is 1.61. The predicted octanol–water partition coefficient (Wildman–Crippen LogP) is 2.03. The number of rotatable bonds is 19. The monoisotopic (exact) mass is 1260 g/mol. The zero-order chi connectivity index (χ0) is 64.3. The minimum atomic E-state index is -2.07. The van der Waals surface area contributed by atoms with Crippen LogP contribution in [0.3, 0.4) is 0 Å². The van der Waals surface area contributed by atoms with Crippen LogP contribution in [0.5, 0.6) is 0 Å². The maximum atomic E-state index is 13.7. The molecule has 1 aromatic rings. The van der Waals surface area contributed by atoms with Gasteiger partial charge in [-0.3, -0.25) is 4.79 Å². The van der Waals surface area contributed by atoms with E-state index in [1.54, 1.807) is 41.1 Å². The number of fused-ring (bicyclic) bond motifs is 5. The van der Waals surface area contributed by atoms with Gasteiger partial charge in [-0.25, -0.2) is 4.79 Å². The SMILES string of the molecule is CO[C@@H]1[C@@H](O)[C@H](O[C@@H]2[C@@H](C)O[C@@H](O[C@H]3[C@@H](OC)C[C@H](O[C@H]4[C@@H](OC)C[C@H](O[C@H]5CC[C@@]6(C)C(=CC[C@]7(O)[C@@H]6C[C@@H](OC(=O)/C=C/c6ccccc6)[C@@]6(C)[C@]7(O)CC[C@@]6(O)C(C)=O)C5)O[C@@H]4C)O[C@@H]3C)C[C@H]2OC)O[C@H](C)[C@@H]1O[C@@H]1O[C@H](CO)[C@@H](O)[C@H](O)[C@H]1O. The highest BCUT2D eigenvalue weighted by Gasteiger charge is 2.81. The molecular formula is C64H96O25. The Bertz CT molecular complexity index is 2630. The fraction of sp³-hybridized carbons (Fsp3) is 0.812. The Balaban J connectivity index is 0.728. The molecule has 0 spiro atoms. The third-order valence-corrected chi connectivity index (χ3v) is 21.8. The van der Waals surface area contributed by atoms with Crippen LogP contribution >= 0.6 is 0 Å². The van der Waals surface area contributed by atoms with Gasteiger partial charge < -0.3 is 112 Å². The molecule has 30 atom stereocenters. The maximum absolute atomic E-state index is 13.7. The van der Waals surface area contributed by atoms with Crippen LogP contribution in [0.15, 0.2) is 48.1 Å². The second-order valence-electron chi connectivity index (χ2n) is 26.6. The number of hydrogen-bond acceptors (Lipinski definition) is 25. The van der Waals surface area contributed by atoms with Gasteiger partial charge in [-0.2, -0.15) is 0 Å². The minimum absolute atomic E-state index is 0.0602. The third kappa shape index (κ3) is 12.5. The number of ether oxygens (including phenoxy) is 15. The number of methoxy groups -OCH3 is 4. The Kier molecular flexibility index (Phi) is 21.2. The van der Waals surface area contributed by atoms with Crippen LogP contribution < -0.4 is 0 Å². The number of Topliss-reactive ketones (excluding diaryl/α,β-unsaturated/α-hetero) is 1. The van der Waals surface area contributed by atoms with Gasteiger partial charge in [-0.05, 0) is 104 Å². The standard InChI is InChI=1S/C64H96O25/c1-31-53(86-47-27-40(76-9)54(32(2)80-47)87-48-28-41(77-10)55(33(3)81-48)88-59-52(71)57(78-11)56(34(4)82-59)89-58-51(70)50(69)49(68)42(30-65)84-58)39(75-8)26-46(79-31)83-38-20-21-60(6)37(25-38)19-22-63(73)43(60)29-44(85-45(67)18-17-36-15-13-12-14-16-36)61(7)62(72,35(5)66)23-24-64(61,63)74/h12-19,31-34,38-44,46-59,65,68-74H,20-30H2,1-11H3/b18-17+/t31-,32-,33-,34-,38+,39+,40+,41-,42-,43-,44-,46+,47+,48+,49-,50+,51-,52-,53-,54-,55-,56+,57-,58+,59+,60+,61-,62-,63+,64-/m1/s1. The molecule has 0 amide bonds. The summed E-state index contributed by atoms with van der Waals surface area (Å²) in [7, 11) is 6.10. The summed E-state index contributed by atoms with van der Waals surface area (Å²) in [6.07, 6.45) is -14.7. The van der Waals surface area contributed by atoms with E-state index >= 15 is 0 Å². The van der Waals surface area contributed by atoms with E-state index in [1.807, 2.05) is 50.3 Å². The topological polar surface area (TPSA) is 334 Å². The molecule has 5 saturated heterocycles. The average molecular weight is 1270 g/mol. The van der Waals surface area contributed by atoms with Crippen molar-refractivity contribution in [1.82, 2.24) is 0 Å². The lowest BCUT2D eigenvalue weighted by atomic mass is 9.42. The van der Waals surface area contributed by atoms with Gasteiger partial charge >= 0.3 is 5.97 Å². The lowest BCUT2D eigenvalue weighted by Gasteiger charge is -2.67. The largest absolute Gasteiger partial charge is 0.458 e. The summed E-state index contributed by atoms with van der Waals surface area (Å²) in [6.45, 7) is 11.5. The van der Waals surface area contributed by atoms with Crippen molar-refractivity contribution < 1.29 is 121 Å². The lowest BCUT2D eigenvalue weighted by Crippen LogP contribution is -2.78. The zero-order valence-electron chi connectivity index (χ0n) is 52.8. The fourth-order valence-electron chi connectivity index (χ4n) is 16.5. The van der Waals surface area contributed by atoms with E-state index in [1.165, 1.54) is 27.2 Å². The first-order valence-corrected chi connectivity index (χ1v) is 31.5. The molecule has 0 unspecified atom stereocenters. The molecule has 8 fully saturated rings. The normalized spacial score (nSPS) is 49.3. The maximum Gasteiger partial charge on any atom is 0.331 e. The molecule has 89 heavy (non-hydrogen) atoms. The van der Waals surface area contributed by atoms with Gasteiger partial charge in [0, 0.05) is 59.7 Å². The van der Waals surface area contributed by atoms with Crippen molar-refractivity contribution in [3.05, 3.63) is 53.6 Å². The molecule has 0 aromatic heterocycles. The number of aliphatic hydroxyl groups is 8. The number of carbonyl (C=O) groups excluding carboxylic acids is 2. The Hall–Kier alpha value is -3.04. The predicted molar refractivity (Wildman–Crippen MR) is 310 cm³/mol. The second kappa shape index (κ2) is 27.4. The fourth-order valence-corrected chi connectivity index (χ4v) is 16.5. The molecular weight excluding hydrogens is 1170 g/mol. The molecule has 1 aromatic carbocycles. The molecule has 0 radical (unpaired) electrons. The second-order valence-corrected chi connectivity index (χ2v) is 26.6. The van der Waals surface area contributed by atoms with Gasteiger partial charge in [0.15, 0.2) is 37.2 Å².